The van der Waals surface area contributed by atoms with Crippen LogP contribution in [-0.2, 0) is 0 Å². The summed E-state index contributed by atoms with van der Waals surface area (Å²) < 4.78 is 0. The van der Waals surface area contributed by atoms with Crippen molar-refractivity contribution < 1.29 is 4.79 Å². The molecule has 0 fully saturated rings. The first-order valence-electron chi connectivity index (χ1n) is 2.99. The van der Waals surface area contributed by atoms with Crippen LogP contribution in [0.1, 0.15) is 21.9 Å². The monoisotopic (exact) mass is 136 g/mol. The molecule has 0 atom stereocenters. The second-order valence-corrected chi connectivity index (χ2v) is 2.08. The maximum atomic E-state index is 10.2. The van der Waals surface area contributed by atoms with Crippen LogP contribution in [0.15, 0.2) is 6.20 Å². The van der Waals surface area contributed by atoms with Crippen molar-refractivity contribution in [1.82, 2.24) is 9.97 Å². The summed E-state index contributed by atoms with van der Waals surface area (Å²) in [6.07, 6.45) is 2.16. The van der Waals surface area contributed by atoms with Gasteiger partial charge in [-0.05, 0) is 13.8 Å². The van der Waals surface area contributed by atoms with Crippen molar-refractivity contribution in [1.29, 1.82) is 0 Å². The minimum atomic E-state index is 0.392. The minimum absolute atomic E-state index is 0.392. The summed E-state index contributed by atoms with van der Waals surface area (Å²) in [7, 11) is 0. The molecule has 0 spiro atoms. The van der Waals surface area contributed by atoms with E-state index >= 15 is 0 Å². The molecule has 10 heavy (non-hydrogen) atoms. The summed E-state index contributed by atoms with van der Waals surface area (Å²) in [5.74, 6) is 0. The van der Waals surface area contributed by atoms with E-state index in [-0.39, 0.29) is 0 Å². The molecule has 0 radical (unpaired) electrons. The Labute approximate surface area is 59.1 Å². The highest BCUT2D eigenvalue weighted by Gasteiger charge is 1.95. The molecule has 0 bridgehead atoms. The molecule has 0 saturated carbocycles. The van der Waals surface area contributed by atoms with Crippen molar-refractivity contribution in [3.05, 3.63) is 23.3 Å². The first kappa shape index (κ1) is 6.86. The van der Waals surface area contributed by atoms with E-state index in [0.717, 1.165) is 11.4 Å². The predicted molar refractivity (Wildman–Crippen MR) is 36.9 cm³/mol. The predicted octanol–water partition coefficient (Wildman–Crippen LogP) is 0.906. The van der Waals surface area contributed by atoms with Crippen LogP contribution in [0.4, 0.5) is 0 Å². The fourth-order valence-electron chi connectivity index (χ4n) is 0.617. The zero-order valence-corrected chi connectivity index (χ0v) is 5.96. The highest BCUT2D eigenvalue weighted by Crippen LogP contribution is 1.97. The van der Waals surface area contributed by atoms with Crippen molar-refractivity contribution in [2.45, 2.75) is 13.8 Å². The number of aryl methyl sites for hydroxylation is 2. The fourth-order valence-corrected chi connectivity index (χ4v) is 0.617. The van der Waals surface area contributed by atoms with E-state index in [9.17, 15) is 4.79 Å². The molecule has 1 aromatic heterocycles. The number of nitrogens with zero attached hydrogens (tertiary/aromatic N) is 2. The van der Waals surface area contributed by atoms with Gasteiger partial charge in [-0.25, -0.2) is 4.98 Å². The Balaban J connectivity index is 3.16. The van der Waals surface area contributed by atoms with Gasteiger partial charge in [0, 0.05) is 0 Å². The second kappa shape index (κ2) is 2.56. The lowest BCUT2D eigenvalue weighted by Gasteiger charge is -1.95. The molecule has 0 aliphatic rings. The van der Waals surface area contributed by atoms with Crippen LogP contribution in [0.25, 0.3) is 0 Å². The van der Waals surface area contributed by atoms with E-state index in [0.29, 0.717) is 12.0 Å². The quantitative estimate of drug-likeness (QED) is 0.539. The van der Waals surface area contributed by atoms with Gasteiger partial charge in [0.2, 0.25) is 0 Å². The number of aldehydes is 1. The molecule has 3 nitrogen and oxygen atoms in total. The molecule has 1 heterocycles. The molecular weight excluding hydrogens is 128 g/mol. The summed E-state index contributed by atoms with van der Waals surface area (Å²) in [5.41, 5.74) is 2.07. The summed E-state index contributed by atoms with van der Waals surface area (Å²) in [6.45, 7) is 3.69. The van der Waals surface area contributed by atoms with Crippen molar-refractivity contribution >= 4 is 6.29 Å². The van der Waals surface area contributed by atoms with E-state index in [4.69, 9.17) is 0 Å². The van der Waals surface area contributed by atoms with Crippen molar-refractivity contribution in [3.63, 3.8) is 0 Å². The third kappa shape index (κ3) is 1.18. The number of carbonyl (C=O) groups excluding carboxylic acids is 1. The average molecular weight is 136 g/mol. The molecule has 0 aromatic carbocycles. The SMILES string of the molecule is Cc1ncc(C=O)nc1C. The molecule has 0 amide bonds. The number of hydrogen-bond donors (Lipinski definition) is 0. The summed E-state index contributed by atoms with van der Waals surface area (Å²) in [4.78, 5) is 18.1. The van der Waals surface area contributed by atoms with Gasteiger partial charge in [-0.1, -0.05) is 0 Å². The molecule has 0 unspecified atom stereocenters. The third-order valence-corrected chi connectivity index (χ3v) is 1.33. The molecule has 1 aromatic rings. The smallest absolute Gasteiger partial charge is 0.170 e. The Hall–Kier alpha value is -1.25. The van der Waals surface area contributed by atoms with Gasteiger partial charge in [0.15, 0.2) is 6.29 Å². The van der Waals surface area contributed by atoms with E-state index in [1.165, 1.54) is 6.20 Å². The van der Waals surface area contributed by atoms with E-state index in [2.05, 4.69) is 9.97 Å². The zero-order chi connectivity index (χ0) is 7.56. The number of hydrogen-bond acceptors (Lipinski definition) is 3. The lowest BCUT2D eigenvalue weighted by Crippen LogP contribution is -1.95. The van der Waals surface area contributed by atoms with Gasteiger partial charge < -0.3 is 0 Å². The molecule has 0 N–H and O–H groups in total. The first-order chi connectivity index (χ1) is 4.74. The maximum absolute atomic E-state index is 10.2. The van der Waals surface area contributed by atoms with Crippen LogP contribution >= 0.6 is 0 Å². The average Bonchev–Trinajstić information content (AvgIpc) is 1.95. The number of carbonyl (C=O) groups is 1. The Bertz CT molecular complexity index is 258. The summed E-state index contributed by atoms with van der Waals surface area (Å²) in [5, 5.41) is 0. The van der Waals surface area contributed by atoms with E-state index in [1.54, 1.807) is 0 Å². The molecular formula is C7H8N2O. The lowest BCUT2D eigenvalue weighted by atomic mass is 10.3. The van der Waals surface area contributed by atoms with Crippen molar-refractivity contribution in [2.75, 3.05) is 0 Å². The Morgan fingerprint density at radius 3 is 2.60 bits per heavy atom. The fraction of sp³-hybridized carbons (Fsp3) is 0.286. The van der Waals surface area contributed by atoms with Crippen LogP contribution in [0, 0.1) is 13.8 Å². The number of rotatable bonds is 1. The van der Waals surface area contributed by atoms with E-state index < -0.39 is 0 Å². The third-order valence-electron chi connectivity index (χ3n) is 1.33. The van der Waals surface area contributed by atoms with Crippen LogP contribution < -0.4 is 0 Å². The molecule has 1 rings (SSSR count). The second-order valence-electron chi connectivity index (χ2n) is 2.08. The van der Waals surface area contributed by atoms with Crippen molar-refractivity contribution in [2.24, 2.45) is 0 Å². The Morgan fingerprint density at radius 2 is 2.10 bits per heavy atom. The minimum Gasteiger partial charge on any atom is -0.296 e. The standard InChI is InChI=1S/C7H8N2O/c1-5-6(2)9-7(4-10)3-8-5/h3-4H,1-2H3. The summed E-state index contributed by atoms with van der Waals surface area (Å²) in [6, 6.07) is 0. The van der Waals surface area contributed by atoms with Gasteiger partial charge in [-0.2, -0.15) is 0 Å². The zero-order valence-electron chi connectivity index (χ0n) is 5.96. The topological polar surface area (TPSA) is 42.9 Å². The van der Waals surface area contributed by atoms with Gasteiger partial charge >= 0.3 is 0 Å². The molecule has 0 saturated heterocycles. The van der Waals surface area contributed by atoms with Gasteiger partial charge in [0.25, 0.3) is 0 Å². The van der Waals surface area contributed by atoms with Crippen molar-refractivity contribution in [3.8, 4) is 0 Å². The first-order valence-corrected chi connectivity index (χ1v) is 2.99. The normalized spacial score (nSPS) is 9.40. The Kier molecular flexibility index (Phi) is 1.76. The largest absolute Gasteiger partial charge is 0.296 e. The van der Waals surface area contributed by atoms with Gasteiger partial charge in [0.05, 0.1) is 17.6 Å². The van der Waals surface area contributed by atoms with Crippen LogP contribution in [0.3, 0.4) is 0 Å². The summed E-state index contributed by atoms with van der Waals surface area (Å²) >= 11 is 0. The van der Waals surface area contributed by atoms with Crippen LogP contribution in [0.5, 0.6) is 0 Å². The molecule has 52 valence electrons. The van der Waals surface area contributed by atoms with Gasteiger partial charge in [-0.15, -0.1) is 0 Å². The lowest BCUT2D eigenvalue weighted by molar-refractivity contribution is 0.111. The highest BCUT2D eigenvalue weighted by molar-refractivity contribution is 5.70. The Morgan fingerprint density at radius 1 is 1.40 bits per heavy atom. The maximum Gasteiger partial charge on any atom is 0.170 e. The highest BCUT2D eigenvalue weighted by atomic mass is 16.1. The molecule has 0 aliphatic carbocycles. The number of aromatic nitrogens is 2. The molecule has 3 heteroatoms. The van der Waals surface area contributed by atoms with Crippen LogP contribution in [0.2, 0.25) is 0 Å². The van der Waals surface area contributed by atoms with Crippen LogP contribution in [-0.4, -0.2) is 16.3 Å². The van der Waals surface area contributed by atoms with Gasteiger partial charge in [-0.3, -0.25) is 9.78 Å². The van der Waals surface area contributed by atoms with Gasteiger partial charge in [0.1, 0.15) is 5.69 Å². The van der Waals surface area contributed by atoms with E-state index in [1.807, 2.05) is 13.8 Å². The molecule has 0 aliphatic heterocycles.